The molecule has 2 aromatic rings. The fraction of sp³-hybridized carbons (Fsp3) is 0.133. The van der Waals surface area contributed by atoms with E-state index in [0.717, 1.165) is 5.56 Å². The normalized spacial score (nSPS) is 10.2. The molecule has 0 saturated heterocycles. The fourth-order valence-electron chi connectivity index (χ4n) is 1.83. The number of para-hydroxylation sites is 1. The molecule has 2 rings (SSSR count). The summed E-state index contributed by atoms with van der Waals surface area (Å²) in [6.07, 6.45) is 0. The Morgan fingerprint density at radius 2 is 1.72 bits per heavy atom. The van der Waals surface area contributed by atoms with E-state index in [1.54, 1.807) is 37.4 Å². The highest BCUT2D eigenvalue weighted by atomic mass is 35.5. The Kier molecular flexibility index (Phi) is 3.68. The molecule has 0 aromatic heterocycles. The van der Waals surface area contributed by atoms with E-state index in [-0.39, 0.29) is 5.78 Å². The number of halogens is 1. The van der Waals surface area contributed by atoms with Crippen LogP contribution in [0.5, 0.6) is 5.75 Å². The molecular formula is C15H13ClO2. The van der Waals surface area contributed by atoms with Crippen LogP contribution in [-0.4, -0.2) is 12.9 Å². The maximum atomic E-state index is 12.5. The summed E-state index contributed by atoms with van der Waals surface area (Å²) in [7, 11) is 1.55. The third kappa shape index (κ3) is 2.24. The van der Waals surface area contributed by atoms with E-state index in [9.17, 15) is 4.79 Å². The zero-order chi connectivity index (χ0) is 13.1. The van der Waals surface area contributed by atoms with E-state index >= 15 is 0 Å². The predicted molar refractivity (Wildman–Crippen MR) is 72.6 cm³/mol. The number of ether oxygens (including phenoxy) is 1. The highest BCUT2D eigenvalue weighted by molar-refractivity contribution is 6.32. The average molecular weight is 261 g/mol. The molecule has 0 amide bonds. The van der Waals surface area contributed by atoms with Crippen molar-refractivity contribution >= 4 is 17.4 Å². The number of benzene rings is 2. The first-order chi connectivity index (χ1) is 8.65. The molecule has 0 unspecified atom stereocenters. The van der Waals surface area contributed by atoms with Gasteiger partial charge in [-0.05, 0) is 30.7 Å². The molecule has 0 aliphatic heterocycles. The molecule has 0 saturated carbocycles. The van der Waals surface area contributed by atoms with Crippen LogP contribution in [0.4, 0.5) is 0 Å². The lowest BCUT2D eigenvalue weighted by Crippen LogP contribution is -2.05. The van der Waals surface area contributed by atoms with Crippen LogP contribution in [0.25, 0.3) is 0 Å². The van der Waals surface area contributed by atoms with E-state index < -0.39 is 0 Å². The summed E-state index contributed by atoms with van der Waals surface area (Å²) in [4.78, 5) is 12.5. The van der Waals surface area contributed by atoms with Crippen molar-refractivity contribution in [3.63, 3.8) is 0 Å². The van der Waals surface area contributed by atoms with Crippen molar-refractivity contribution in [1.29, 1.82) is 0 Å². The second kappa shape index (κ2) is 5.23. The van der Waals surface area contributed by atoms with Gasteiger partial charge in [-0.1, -0.05) is 35.9 Å². The van der Waals surface area contributed by atoms with Gasteiger partial charge in [0.2, 0.25) is 0 Å². The van der Waals surface area contributed by atoms with Crippen LogP contribution in [-0.2, 0) is 0 Å². The molecule has 0 atom stereocenters. The molecule has 0 aliphatic carbocycles. The molecule has 0 aliphatic rings. The zero-order valence-corrected chi connectivity index (χ0v) is 11.0. The van der Waals surface area contributed by atoms with Crippen molar-refractivity contribution in [1.82, 2.24) is 0 Å². The van der Waals surface area contributed by atoms with E-state index in [4.69, 9.17) is 16.3 Å². The number of hydrogen-bond donors (Lipinski definition) is 0. The molecule has 0 fully saturated rings. The van der Waals surface area contributed by atoms with Gasteiger partial charge in [-0.3, -0.25) is 4.79 Å². The summed E-state index contributed by atoms with van der Waals surface area (Å²) >= 11 is 6.04. The van der Waals surface area contributed by atoms with Crippen LogP contribution >= 0.6 is 11.6 Å². The van der Waals surface area contributed by atoms with Gasteiger partial charge >= 0.3 is 0 Å². The molecule has 0 heterocycles. The fourth-order valence-corrected chi connectivity index (χ4v) is 2.01. The second-order valence-corrected chi connectivity index (χ2v) is 4.35. The topological polar surface area (TPSA) is 26.3 Å². The van der Waals surface area contributed by atoms with Crippen molar-refractivity contribution in [2.24, 2.45) is 0 Å². The van der Waals surface area contributed by atoms with Crippen LogP contribution in [0, 0.1) is 6.92 Å². The monoisotopic (exact) mass is 260 g/mol. The lowest BCUT2D eigenvalue weighted by Gasteiger charge is -2.09. The SMILES string of the molecule is COc1ccccc1C(=O)c1cccc(Cl)c1C. The lowest BCUT2D eigenvalue weighted by atomic mass is 9.98. The van der Waals surface area contributed by atoms with E-state index in [0.29, 0.717) is 21.9 Å². The zero-order valence-electron chi connectivity index (χ0n) is 10.2. The summed E-state index contributed by atoms with van der Waals surface area (Å²) in [5, 5.41) is 0.593. The van der Waals surface area contributed by atoms with Crippen molar-refractivity contribution in [2.75, 3.05) is 7.11 Å². The molecule has 2 nitrogen and oxygen atoms in total. The first-order valence-electron chi connectivity index (χ1n) is 5.58. The Balaban J connectivity index is 2.52. The minimum Gasteiger partial charge on any atom is -0.496 e. The van der Waals surface area contributed by atoms with Crippen LogP contribution in [0.15, 0.2) is 42.5 Å². The van der Waals surface area contributed by atoms with E-state index in [1.165, 1.54) is 0 Å². The minimum atomic E-state index is -0.0764. The molecule has 0 bridgehead atoms. The number of carbonyl (C=O) groups excluding carboxylic acids is 1. The van der Waals surface area contributed by atoms with Gasteiger partial charge in [-0.15, -0.1) is 0 Å². The van der Waals surface area contributed by atoms with Crippen molar-refractivity contribution < 1.29 is 9.53 Å². The predicted octanol–water partition coefficient (Wildman–Crippen LogP) is 3.89. The average Bonchev–Trinajstić information content (AvgIpc) is 2.41. The summed E-state index contributed by atoms with van der Waals surface area (Å²) in [6.45, 7) is 1.84. The van der Waals surface area contributed by atoms with Gasteiger partial charge < -0.3 is 4.74 Å². The van der Waals surface area contributed by atoms with Gasteiger partial charge in [0.1, 0.15) is 5.75 Å². The molecular weight excluding hydrogens is 248 g/mol. The van der Waals surface area contributed by atoms with Crippen molar-refractivity contribution in [3.8, 4) is 5.75 Å². The van der Waals surface area contributed by atoms with Gasteiger partial charge in [0.25, 0.3) is 0 Å². The first kappa shape index (κ1) is 12.7. The molecule has 3 heteroatoms. The third-order valence-electron chi connectivity index (χ3n) is 2.86. The van der Waals surface area contributed by atoms with Crippen molar-refractivity contribution in [2.45, 2.75) is 6.92 Å². The maximum absolute atomic E-state index is 12.5. The molecule has 0 N–H and O–H groups in total. The summed E-state index contributed by atoms with van der Waals surface area (Å²) in [5.41, 5.74) is 1.94. The number of rotatable bonds is 3. The number of carbonyl (C=O) groups is 1. The Hall–Kier alpha value is -1.80. The highest BCUT2D eigenvalue weighted by Crippen LogP contribution is 2.25. The maximum Gasteiger partial charge on any atom is 0.197 e. The Bertz CT molecular complexity index is 591. The van der Waals surface area contributed by atoms with E-state index in [2.05, 4.69) is 0 Å². The second-order valence-electron chi connectivity index (χ2n) is 3.94. The van der Waals surface area contributed by atoms with Crippen LogP contribution in [0.2, 0.25) is 5.02 Å². The lowest BCUT2D eigenvalue weighted by molar-refractivity contribution is 0.103. The van der Waals surface area contributed by atoms with Gasteiger partial charge in [-0.25, -0.2) is 0 Å². The van der Waals surface area contributed by atoms with Gasteiger partial charge in [0, 0.05) is 10.6 Å². The van der Waals surface area contributed by atoms with Crippen LogP contribution in [0.3, 0.4) is 0 Å². The quantitative estimate of drug-likeness (QED) is 0.783. The third-order valence-corrected chi connectivity index (χ3v) is 3.27. The first-order valence-corrected chi connectivity index (χ1v) is 5.95. The number of methoxy groups -OCH3 is 1. The molecule has 0 spiro atoms. The Morgan fingerprint density at radius 1 is 1.06 bits per heavy atom. The largest absolute Gasteiger partial charge is 0.496 e. The van der Waals surface area contributed by atoms with Gasteiger partial charge in [-0.2, -0.15) is 0 Å². The van der Waals surface area contributed by atoms with Crippen LogP contribution in [0.1, 0.15) is 21.5 Å². The smallest absolute Gasteiger partial charge is 0.197 e. The molecule has 2 aromatic carbocycles. The molecule has 18 heavy (non-hydrogen) atoms. The molecule has 0 radical (unpaired) electrons. The van der Waals surface area contributed by atoms with Crippen LogP contribution < -0.4 is 4.74 Å². The standard InChI is InChI=1S/C15H13ClO2/c1-10-11(7-5-8-13(10)16)15(17)12-6-3-4-9-14(12)18-2/h3-9H,1-2H3. The Morgan fingerprint density at radius 3 is 2.44 bits per heavy atom. The summed E-state index contributed by atoms with van der Waals surface area (Å²) < 4.78 is 5.20. The van der Waals surface area contributed by atoms with E-state index in [1.807, 2.05) is 19.1 Å². The summed E-state index contributed by atoms with van der Waals surface area (Å²) in [6, 6.07) is 12.5. The Labute approximate surface area is 111 Å². The molecule has 92 valence electrons. The minimum absolute atomic E-state index is 0.0764. The van der Waals surface area contributed by atoms with Crippen molar-refractivity contribution in [3.05, 3.63) is 64.2 Å². The number of ketones is 1. The van der Waals surface area contributed by atoms with Gasteiger partial charge in [0.15, 0.2) is 5.78 Å². The highest BCUT2D eigenvalue weighted by Gasteiger charge is 2.16. The number of hydrogen-bond acceptors (Lipinski definition) is 2. The van der Waals surface area contributed by atoms with Gasteiger partial charge in [0.05, 0.1) is 12.7 Å². The summed E-state index contributed by atoms with van der Waals surface area (Å²) in [5.74, 6) is 0.495.